The molecule has 0 saturated heterocycles. The van der Waals surface area contributed by atoms with Crippen LogP contribution in [0.25, 0.3) is 66.1 Å². The summed E-state index contributed by atoms with van der Waals surface area (Å²) in [6.07, 6.45) is 0.875. The summed E-state index contributed by atoms with van der Waals surface area (Å²) in [6, 6.07) is 48.6. The van der Waals surface area contributed by atoms with E-state index in [1.807, 2.05) is 6.07 Å². The van der Waals surface area contributed by atoms with Crippen LogP contribution in [0.1, 0.15) is 16.7 Å². The Morgan fingerprint density at radius 1 is 0.523 bits per heavy atom. The van der Waals surface area contributed by atoms with Crippen LogP contribution in [0.2, 0.25) is 0 Å². The lowest BCUT2D eigenvalue weighted by Crippen LogP contribution is -2.02. The Bertz CT molecular complexity index is 2210. The molecular formula is C42H32O2. The van der Waals surface area contributed by atoms with Gasteiger partial charge in [0.05, 0.1) is 6.61 Å². The first-order valence-electron chi connectivity index (χ1n) is 15.3. The fourth-order valence-electron chi connectivity index (χ4n) is 6.97. The molecule has 2 heteroatoms. The van der Waals surface area contributed by atoms with Crippen LogP contribution in [0.4, 0.5) is 0 Å². The summed E-state index contributed by atoms with van der Waals surface area (Å²) in [4.78, 5) is 0. The number of aryl methyl sites for hydroxylation is 1. The van der Waals surface area contributed by atoms with Crippen LogP contribution in [0.3, 0.4) is 0 Å². The molecule has 0 spiro atoms. The monoisotopic (exact) mass is 568 g/mol. The van der Waals surface area contributed by atoms with E-state index >= 15 is 0 Å². The maximum absolute atomic E-state index is 9.27. The third kappa shape index (κ3) is 4.47. The van der Waals surface area contributed by atoms with Gasteiger partial charge in [-0.05, 0) is 120 Å². The molecule has 2 nitrogen and oxygen atoms in total. The van der Waals surface area contributed by atoms with Crippen molar-refractivity contribution in [3.63, 3.8) is 0 Å². The standard InChI is InChI=1S/C42H32O2/c1-27-23-32(17-20-41(27)44-22-21-43)36-18-19-38-37-12-6-11-35(33-15-13-28-7-2-4-9-30(28)24-33)39(37)26-40(38)42(36)34-16-14-29-8-3-5-10-31(29)25-34/h2-20,23-25,43H,21-22,26H2,1H3. The maximum Gasteiger partial charge on any atom is 0.122 e. The summed E-state index contributed by atoms with van der Waals surface area (Å²) in [5, 5.41) is 14.3. The van der Waals surface area contributed by atoms with Crippen molar-refractivity contribution in [3.8, 4) is 50.3 Å². The number of hydrogen-bond acceptors (Lipinski definition) is 2. The number of benzene rings is 7. The van der Waals surface area contributed by atoms with Crippen molar-refractivity contribution in [3.05, 3.63) is 150 Å². The molecule has 1 aliphatic rings. The highest BCUT2D eigenvalue weighted by atomic mass is 16.5. The van der Waals surface area contributed by atoms with E-state index in [2.05, 4.69) is 134 Å². The van der Waals surface area contributed by atoms with Crippen molar-refractivity contribution >= 4 is 21.5 Å². The Kier molecular flexibility index (Phi) is 6.51. The molecule has 8 rings (SSSR count). The normalized spacial score (nSPS) is 12.0. The molecule has 0 aliphatic heterocycles. The number of ether oxygens (including phenoxy) is 1. The molecule has 212 valence electrons. The molecule has 0 aromatic heterocycles. The molecule has 7 aromatic carbocycles. The van der Waals surface area contributed by atoms with E-state index in [4.69, 9.17) is 4.74 Å². The van der Waals surface area contributed by atoms with Crippen LogP contribution in [0.15, 0.2) is 133 Å². The number of aliphatic hydroxyl groups excluding tert-OH is 1. The average molecular weight is 569 g/mol. The minimum atomic E-state index is -0.000121. The number of fused-ring (bicyclic) bond motifs is 5. The number of aliphatic hydroxyl groups is 1. The zero-order valence-corrected chi connectivity index (χ0v) is 24.7. The van der Waals surface area contributed by atoms with E-state index in [0.717, 1.165) is 23.3 Å². The summed E-state index contributed by atoms with van der Waals surface area (Å²) < 4.78 is 5.79. The van der Waals surface area contributed by atoms with Gasteiger partial charge in [0, 0.05) is 0 Å². The Labute approximate surface area is 257 Å². The van der Waals surface area contributed by atoms with Crippen LogP contribution in [-0.2, 0) is 6.42 Å². The van der Waals surface area contributed by atoms with Crippen molar-refractivity contribution < 1.29 is 9.84 Å². The molecule has 0 saturated carbocycles. The summed E-state index contributed by atoms with van der Waals surface area (Å²) >= 11 is 0. The summed E-state index contributed by atoms with van der Waals surface area (Å²) in [6.45, 7) is 2.37. The molecule has 1 aliphatic carbocycles. The molecule has 7 aromatic rings. The van der Waals surface area contributed by atoms with E-state index in [9.17, 15) is 5.11 Å². The van der Waals surface area contributed by atoms with Gasteiger partial charge in [0.15, 0.2) is 0 Å². The largest absolute Gasteiger partial charge is 0.491 e. The van der Waals surface area contributed by atoms with Gasteiger partial charge in [0.1, 0.15) is 12.4 Å². The van der Waals surface area contributed by atoms with Crippen molar-refractivity contribution in [2.24, 2.45) is 0 Å². The molecule has 1 N–H and O–H groups in total. The number of rotatable bonds is 6. The topological polar surface area (TPSA) is 29.5 Å². The Balaban J connectivity index is 1.31. The maximum atomic E-state index is 9.27. The fraction of sp³-hybridized carbons (Fsp3) is 0.0952. The lowest BCUT2D eigenvalue weighted by molar-refractivity contribution is 0.200. The molecule has 44 heavy (non-hydrogen) atoms. The van der Waals surface area contributed by atoms with E-state index < -0.39 is 0 Å². The molecule has 0 unspecified atom stereocenters. The van der Waals surface area contributed by atoms with Crippen LogP contribution < -0.4 is 4.74 Å². The minimum absolute atomic E-state index is 0.000121. The lowest BCUT2D eigenvalue weighted by Gasteiger charge is -2.18. The lowest BCUT2D eigenvalue weighted by atomic mass is 9.86. The van der Waals surface area contributed by atoms with E-state index in [1.54, 1.807) is 0 Å². The highest BCUT2D eigenvalue weighted by Crippen LogP contribution is 2.49. The van der Waals surface area contributed by atoms with Gasteiger partial charge in [0.25, 0.3) is 0 Å². The first-order chi connectivity index (χ1) is 21.7. The predicted octanol–water partition coefficient (Wildman–Crippen LogP) is 10.2. The van der Waals surface area contributed by atoms with E-state index in [0.29, 0.717) is 6.61 Å². The van der Waals surface area contributed by atoms with Crippen LogP contribution in [-0.4, -0.2) is 18.3 Å². The summed E-state index contributed by atoms with van der Waals surface area (Å²) in [7, 11) is 0. The smallest absolute Gasteiger partial charge is 0.122 e. The zero-order valence-electron chi connectivity index (χ0n) is 24.7. The molecule has 0 atom stereocenters. The van der Waals surface area contributed by atoms with Crippen LogP contribution in [0.5, 0.6) is 5.75 Å². The first kappa shape index (κ1) is 26.4. The van der Waals surface area contributed by atoms with Gasteiger partial charge in [0.2, 0.25) is 0 Å². The second-order valence-corrected chi connectivity index (χ2v) is 11.7. The average Bonchev–Trinajstić information content (AvgIpc) is 3.46. The summed E-state index contributed by atoms with van der Waals surface area (Å²) in [5.74, 6) is 0.809. The van der Waals surface area contributed by atoms with Crippen molar-refractivity contribution in [2.75, 3.05) is 13.2 Å². The van der Waals surface area contributed by atoms with Crippen molar-refractivity contribution in [1.29, 1.82) is 0 Å². The molecule has 0 fully saturated rings. The first-order valence-corrected chi connectivity index (χ1v) is 15.3. The van der Waals surface area contributed by atoms with Gasteiger partial charge < -0.3 is 9.84 Å². The van der Waals surface area contributed by atoms with Gasteiger partial charge in [-0.2, -0.15) is 0 Å². The molecule has 0 amide bonds. The SMILES string of the molecule is Cc1cc(-c2ccc3c(c2-c2ccc4ccccc4c2)Cc2c(-c4ccc5ccccc5c4)cccc2-3)ccc1OCCO. The second-order valence-electron chi connectivity index (χ2n) is 11.7. The molecule has 0 radical (unpaired) electrons. The molecular weight excluding hydrogens is 536 g/mol. The van der Waals surface area contributed by atoms with E-state index in [1.165, 1.54) is 71.6 Å². The zero-order chi connectivity index (χ0) is 29.6. The Hall–Kier alpha value is -5.18. The summed E-state index contributed by atoms with van der Waals surface area (Å²) in [5.41, 5.74) is 13.9. The van der Waals surface area contributed by atoms with Gasteiger partial charge in [-0.15, -0.1) is 0 Å². The van der Waals surface area contributed by atoms with E-state index in [-0.39, 0.29) is 6.61 Å². The molecule has 0 bridgehead atoms. The minimum Gasteiger partial charge on any atom is -0.491 e. The van der Waals surface area contributed by atoms with Crippen molar-refractivity contribution in [2.45, 2.75) is 13.3 Å². The fourth-order valence-corrected chi connectivity index (χ4v) is 6.97. The Morgan fingerprint density at radius 3 is 1.84 bits per heavy atom. The molecule has 0 heterocycles. The third-order valence-electron chi connectivity index (χ3n) is 9.07. The van der Waals surface area contributed by atoms with Gasteiger partial charge in [-0.25, -0.2) is 0 Å². The van der Waals surface area contributed by atoms with Gasteiger partial charge in [-0.3, -0.25) is 0 Å². The number of hydrogen-bond donors (Lipinski definition) is 1. The van der Waals surface area contributed by atoms with Gasteiger partial charge in [-0.1, -0.05) is 109 Å². The highest BCUT2D eigenvalue weighted by Gasteiger charge is 2.27. The van der Waals surface area contributed by atoms with Crippen molar-refractivity contribution in [1.82, 2.24) is 0 Å². The predicted molar refractivity (Wildman–Crippen MR) is 183 cm³/mol. The second kappa shape index (κ2) is 10.8. The quantitative estimate of drug-likeness (QED) is 0.216. The Morgan fingerprint density at radius 2 is 1.11 bits per heavy atom. The third-order valence-corrected chi connectivity index (χ3v) is 9.07. The van der Waals surface area contributed by atoms with Gasteiger partial charge >= 0.3 is 0 Å². The van der Waals surface area contributed by atoms with Crippen LogP contribution in [0, 0.1) is 6.92 Å². The highest BCUT2D eigenvalue weighted by molar-refractivity contribution is 5.99. The van der Waals surface area contributed by atoms with Crippen LogP contribution >= 0.6 is 0 Å².